The van der Waals surface area contributed by atoms with E-state index in [9.17, 15) is 4.39 Å². The van der Waals surface area contributed by atoms with Crippen molar-refractivity contribution < 1.29 is 4.39 Å². The zero-order valence-corrected chi connectivity index (χ0v) is 11.6. The maximum atomic E-state index is 13.5. The largest absolute Gasteiger partial charge is 0.396 e. The fourth-order valence-corrected chi connectivity index (χ4v) is 2.35. The standard InChI is InChI=1S/C19H16FN/c20-18-13-17(10-11-19(18)21)16-8-6-15(7-9-16)12-14-4-2-1-3-5-14/h1-11,13H,12,21H2. The van der Waals surface area contributed by atoms with Gasteiger partial charge in [-0.15, -0.1) is 0 Å². The van der Waals surface area contributed by atoms with Crippen molar-refractivity contribution >= 4 is 5.69 Å². The molecule has 0 atom stereocenters. The number of nitrogen functional groups attached to an aromatic ring is 1. The summed E-state index contributed by atoms with van der Waals surface area (Å²) >= 11 is 0. The number of anilines is 1. The van der Waals surface area contributed by atoms with E-state index in [0.29, 0.717) is 0 Å². The molecule has 0 fully saturated rings. The van der Waals surface area contributed by atoms with Crippen LogP contribution < -0.4 is 5.73 Å². The molecule has 1 nitrogen and oxygen atoms in total. The highest BCUT2D eigenvalue weighted by molar-refractivity contribution is 5.66. The Hall–Kier alpha value is -2.61. The lowest BCUT2D eigenvalue weighted by Gasteiger charge is -2.06. The van der Waals surface area contributed by atoms with Crippen LogP contribution in [0.3, 0.4) is 0 Å². The summed E-state index contributed by atoms with van der Waals surface area (Å²) in [6.07, 6.45) is 0.900. The highest BCUT2D eigenvalue weighted by Crippen LogP contribution is 2.23. The fourth-order valence-electron chi connectivity index (χ4n) is 2.35. The van der Waals surface area contributed by atoms with Gasteiger partial charge in [0.2, 0.25) is 0 Å². The van der Waals surface area contributed by atoms with Crippen molar-refractivity contribution in [3.05, 3.63) is 89.7 Å². The second kappa shape index (κ2) is 5.80. The predicted octanol–water partition coefficient (Wildman–Crippen LogP) is 4.67. The Kier molecular flexibility index (Phi) is 3.69. The van der Waals surface area contributed by atoms with Gasteiger partial charge in [-0.2, -0.15) is 0 Å². The zero-order chi connectivity index (χ0) is 14.7. The molecule has 104 valence electrons. The van der Waals surface area contributed by atoms with E-state index in [2.05, 4.69) is 24.3 Å². The molecule has 0 saturated heterocycles. The van der Waals surface area contributed by atoms with Gasteiger partial charge in [0, 0.05) is 0 Å². The van der Waals surface area contributed by atoms with Gasteiger partial charge in [0.25, 0.3) is 0 Å². The van der Waals surface area contributed by atoms with Crippen molar-refractivity contribution in [1.82, 2.24) is 0 Å². The summed E-state index contributed by atoms with van der Waals surface area (Å²) in [7, 11) is 0. The van der Waals surface area contributed by atoms with E-state index < -0.39 is 0 Å². The molecule has 2 N–H and O–H groups in total. The van der Waals surface area contributed by atoms with Crippen LogP contribution in [-0.2, 0) is 6.42 Å². The van der Waals surface area contributed by atoms with Crippen LogP contribution in [-0.4, -0.2) is 0 Å². The van der Waals surface area contributed by atoms with Gasteiger partial charge in [0.05, 0.1) is 5.69 Å². The van der Waals surface area contributed by atoms with Crippen LogP contribution in [0.25, 0.3) is 11.1 Å². The molecule has 0 spiro atoms. The molecule has 3 aromatic rings. The molecule has 0 aliphatic carbocycles. The lowest BCUT2D eigenvalue weighted by Crippen LogP contribution is -1.91. The second-order valence-corrected chi connectivity index (χ2v) is 5.10. The Balaban J connectivity index is 1.82. The highest BCUT2D eigenvalue weighted by Gasteiger charge is 2.03. The molecule has 0 bridgehead atoms. The summed E-state index contributed by atoms with van der Waals surface area (Å²) in [4.78, 5) is 0. The Bertz CT molecular complexity index is 733. The number of benzene rings is 3. The minimum absolute atomic E-state index is 0.180. The van der Waals surface area contributed by atoms with Crippen LogP contribution >= 0.6 is 0 Å². The number of rotatable bonds is 3. The summed E-state index contributed by atoms with van der Waals surface area (Å²) in [5, 5.41) is 0. The SMILES string of the molecule is Nc1ccc(-c2ccc(Cc3ccccc3)cc2)cc1F. The van der Waals surface area contributed by atoms with Crippen LogP contribution in [0.4, 0.5) is 10.1 Å². The van der Waals surface area contributed by atoms with E-state index in [1.165, 1.54) is 17.2 Å². The van der Waals surface area contributed by atoms with Gasteiger partial charge >= 0.3 is 0 Å². The van der Waals surface area contributed by atoms with Crippen LogP contribution in [0, 0.1) is 5.82 Å². The highest BCUT2D eigenvalue weighted by atomic mass is 19.1. The van der Waals surface area contributed by atoms with Gasteiger partial charge in [-0.25, -0.2) is 4.39 Å². The van der Waals surface area contributed by atoms with Crippen molar-refractivity contribution in [3.8, 4) is 11.1 Å². The average Bonchev–Trinajstić information content (AvgIpc) is 2.52. The van der Waals surface area contributed by atoms with E-state index in [-0.39, 0.29) is 11.5 Å². The number of nitrogens with two attached hydrogens (primary N) is 1. The zero-order valence-electron chi connectivity index (χ0n) is 11.6. The average molecular weight is 277 g/mol. The molecule has 0 radical (unpaired) electrons. The maximum absolute atomic E-state index is 13.5. The first-order valence-corrected chi connectivity index (χ1v) is 6.90. The number of hydrogen-bond donors (Lipinski definition) is 1. The normalized spacial score (nSPS) is 10.5. The molecule has 0 amide bonds. The summed E-state index contributed by atoms with van der Waals surface area (Å²) in [6, 6.07) is 23.4. The van der Waals surface area contributed by atoms with E-state index >= 15 is 0 Å². The molecule has 21 heavy (non-hydrogen) atoms. The van der Waals surface area contributed by atoms with Crippen LogP contribution in [0.5, 0.6) is 0 Å². The third-order valence-corrected chi connectivity index (χ3v) is 3.54. The minimum Gasteiger partial charge on any atom is -0.396 e. The first-order chi connectivity index (χ1) is 10.2. The topological polar surface area (TPSA) is 26.0 Å². The molecule has 0 unspecified atom stereocenters. The van der Waals surface area contributed by atoms with Gasteiger partial charge in [-0.1, -0.05) is 60.7 Å². The van der Waals surface area contributed by atoms with Gasteiger partial charge in [0.1, 0.15) is 5.82 Å². The summed E-state index contributed by atoms with van der Waals surface area (Å²) < 4.78 is 13.5. The summed E-state index contributed by atoms with van der Waals surface area (Å²) in [6.45, 7) is 0. The molecule has 2 heteroatoms. The molecule has 0 aliphatic rings. The molecule has 0 saturated carbocycles. The van der Waals surface area contributed by atoms with Crippen LogP contribution in [0.1, 0.15) is 11.1 Å². The van der Waals surface area contributed by atoms with Crippen molar-refractivity contribution in [1.29, 1.82) is 0 Å². The lowest BCUT2D eigenvalue weighted by atomic mass is 10.00. The molecule has 0 aliphatic heterocycles. The van der Waals surface area contributed by atoms with E-state index in [4.69, 9.17) is 5.73 Å². The molecular weight excluding hydrogens is 261 g/mol. The third-order valence-electron chi connectivity index (χ3n) is 3.54. The fraction of sp³-hybridized carbons (Fsp3) is 0.0526. The first-order valence-electron chi connectivity index (χ1n) is 6.90. The van der Waals surface area contributed by atoms with Gasteiger partial charge in [-0.05, 0) is 40.8 Å². The Labute approximate surface area is 123 Å². The Morgan fingerprint density at radius 2 is 1.33 bits per heavy atom. The van der Waals surface area contributed by atoms with Crippen LogP contribution in [0.15, 0.2) is 72.8 Å². The number of halogens is 1. The second-order valence-electron chi connectivity index (χ2n) is 5.10. The number of hydrogen-bond acceptors (Lipinski definition) is 1. The summed E-state index contributed by atoms with van der Waals surface area (Å²) in [5.74, 6) is -0.374. The minimum atomic E-state index is -0.374. The van der Waals surface area contributed by atoms with Crippen molar-refractivity contribution in [2.45, 2.75) is 6.42 Å². The van der Waals surface area contributed by atoms with Crippen molar-refractivity contribution in [2.24, 2.45) is 0 Å². The predicted molar refractivity (Wildman–Crippen MR) is 85.5 cm³/mol. The lowest BCUT2D eigenvalue weighted by molar-refractivity contribution is 0.633. The molecule has 3 rings (SSSR count). The smallest absolute Gasteiger partial charge is 0.146 e. The summed E-state index contributed by atoms with van der Waals surface area (Å²) in [5.41, 5.74) is 10.0. The van der Waals surface area contributed by atoms with Crippen molar-refractivity contribution in [3.63, 3.8) is 0 Å². The van der Waals surface area contributed by atoms with E-state index in [1.54, 1.807) is 6.07 Å². The van der Waals surface area contributed by atoms with Crippen LogP contribution in [0.2, 0.25) is 0 Å². The van der Waals surface area contributed by atoms with E-state index in [1.807, 2.05) is 36.4 Å². The molecule has 0 aromatic heterocycles. The molecular formula is C19H16FN. The van der Waals surface area contributed by atoms with Gasteiger partial charge in [-0.3, -0.25) is 0 Å². The maximum Gasteiger partial charge on any atom is 0.146 e. The van der Waals surface area contributed by atoms with Crippen molar-refractivity contribution in [2.75, 3.05) is 5.73 Å². The molecule has 0 heterocycles. The quantitative estimate of drug-likeness (QED) is 0.692. The molecule has 3 aromatic carbocycles. The van der Waals surface area contributed by atoms with E-state index in [0.717, 1.165) is 17.5 Å². The Morgan fingerprint density at radius 3 is 2.00 bits per heavy atom. The monoisotopic (exact) mass is 277 g/mol. The first kappa shape index (κ1) is 13.4. The van der Waals surface area contributed by atoms with Gasteiger partial charge in [0.15, 0.2) is 0 Å². The third kappa shape index (κ3) is 3.11. The Morgan fingerprint density at radius 1 is 0.714 bits per heavy atom. The van der Waals surface area contributed by atoms with Gasteiger partial charge < -0.3 is 5.73 Å².